The monoisotopic (exact) mass is 489 g/mol. The van der Waals surface area contributed by atoms with Gasteiger partial charge in [-0.2, -0.15) is 0 Å². The first-order valence-corrected chi connectivity index (χ1v) is 12.4. The van der Waals surface area contributed by atoms with E-state index in [0.717, 1.165) is 29.3 Å². The number of hydrogen-bond acceptors (Lipinski definition) is 7. The molecule has 0 spiro atoms. The van der Waals surface area contributed by atoms with Gasteiger partial charge in [-0.25, -0.2) is 4.79 Å². The van der Waals surface area contributed by atoms with Crippen molar-refractivity contribution in [2.45, 2.75) is 44.0 Å². The molecule has 0 bridgehead atoms. The van der Waals surface area contributed by atoms with Gasteiger partial charge in [-0.15, -0.1) is 0 Å². The molecular formula is C28H27NO5S. The third kappa shape index (κ3) is 6.17. The Morgan fingerprint density at radius 2 is 1.74 bits per heavy atom. The van der Waals surface area contributed by atoms with Crippen molar-refractivity contribution in [3.63, 3.8) is 0 Å². The third-order valence-electron chi connectivity index (χ3n) is 5.94. The molecule has 180 valence electrons. The van der Waals surface area contributed by atoms with Crippen molar-refractivity contribution >= 4 is 28.6 Å². The van der Waals surface area contributed by atoms with Gasteiger partial charge in [0.15, 0.2) is 17.0 Å². The van der Waals surface area contributed by atoms with Crippen molar-refractivity contribution in [1.29, 1.82) is 0 Å². The van der Waals surface area contributed by atoms with Gasteiger partial charge in [-0.05, 0) is 61.2 Å². The minimum atomic E-state index is -0.716. The van der Waals surface area contributed by atoms with Crippen molar-refractivity contribution in [2.75, 3.05) is 6.61 Å². The van der Waals surface area contributed by atoms with Crippen LogP contribution in [0.1, 0.15) is 53.6 Å². The number of hydrogen-bond donors (Lipinski definition) is 0. The molecule has 1 saturated heterocycles. The van der Waals surface area contributed by atoms with E-state index in [4.69, 9.17) is 9.47 Å². The van der Waals surface area contributed by atoms with E-state index in [-0.39, 0.29) is 23.9 Å². The Balaban J connectivity index is 1.44. The first kappa shape index (κ1) is 24.7. The lowest BCUT2D eigenvalue weighted by Gasteiger charge is -2.20. The second kappa shape index (κ2) is 10.9. The molecule has 2 atom stereocenters. The molecule has 3 aromatic rings. The lowest BCUT2D eigenvalue weighted by atomic mass is 9.95. The molecule has 0 amide bonds. The van der Waals surface area contributed by atoms with Crippen molar-refractivity contribution in [3.05, 3.63) is 95.3 Å². The highest BCUT2D eigenvalue weighted by molar-refractivity contribution is 8.16. The summed E-state index contributed by atoms with van der Waals surface area (Å²) in [7, 11) is 0. The van der Waals surface area contributed by atoms with Gasteiger partial charge in [0.25, 0.3) is 0 Å². The first-order chi connectivity index (χ1) is 16.9. The van der Waals surface area contributed by atoms with Crippen LogP contribution in [0.25, 0.3) is 0 Å². The van der Waals surface area contributed by atoms with E-state index >= 15 is 0 Å². The van der Waals surface area contributed by atoms with Gasteiger partial charge in [-0.1, -0.05) is 55.1 Å². The van der Waals surface area contributed by atoms with E-state index in [1.165, 1.54) is 0 Å². The van der Waals surface area contributed by atoms with Gasteiger partial charge in [0, 0.05) is 6.20 Å². The van der Waals surface area contributed by atoms with Crippen LogP contribution in [0, 0.1) is 0 Å². The van der Waals surface area contributed by atoms with Crippen LogP contribution < -0.4 is 4.74 Å². The lowest BCUT2D eigenvalue weighted by Crippen LogP contribution is -2.29. The molecule has 4 rings (SSSR count). The SMILES string of the molecule is CCc1ccc(C(COc2ccc(CC3(C)SC(=O)CC3=O)cc2)OC(=O)c2ccccc2)nc1. The van der Waals surface area contributed by atoms with E-state index < -0.39 is 16.8 Å². The molecule has 1 aliphatic rings. The third-order valence-corrected chi connectivity index (χ3v) is 7.14. The molecule has 0 radical (unpaired) electrons. The van der Waals surface area contributed by atoms with Crippen molar-refractivity contribution in [2.24, 2.45) is 0 Å². The Kier molecular flexibility index (Phi) is 7.66. The summed E-state index contributed by atoms with van der Waals surface area (Å²) in [5, 5.41) is -0.0749. The van der Waals surface area contributed by atoms with Gasteiger partial charge in [-0.3, -0.25) is 14.6 Å². The summed E-state index contributed by atoms with van der Waals surface area (Å²) in [4.78, 5) is 41.0. The number of ether oxygens (including phenoxy) is 2. The summed E-state index contributed by atoms with van der Waals surface area (Å²) in [6.07, 6.45) is 2.43. The van der Waals surface area contributed by atoms with E-state index in [0.29, 0.717) is 23.4 Å². The number of ketones is 1. The molecule has 1 aromatic heterocycles. The van der Waals surface area contributed by atoms with Crippen LogP contribution in [-0.4, -0.2) is 33.2 Å². The van der Waals surface area contributed by atoms with Crippen molar-refractivity contribution < 1.29 is 23.9 Å². The van der Waals surface area contributed by atoms with Gasteiger partial charge < -0.3 is 9.47 Å². The van der Waals surface area contributed by atoms with Crippen LogP contribution in [0.15, 0.2) is 72.9 Å². The Hall–Kier alpha value is -3.45. The second-order valence-electron chi connectivity index (χ2n) is 8.64. The zero-order valence-electron chi connectivity index (χ0n) is 19.7. The number of nitrogens with zero attached hydrogens (tertiary/aromatic N) is 1. The fourth-order valence-electron chi connectivity index (χ4n) is 3.85. The smallest absolute Gasteiger partial charge is 0.338 e. The fourth-order valence-corrected chi connectivity index (χ4v) is 4.98. The summed E-state index contributed by atoms with van der Waals surface area (Å²) in [5.74, 6) is 0.126. The number of esters is 1. The number of rotatable bonds is 9. The number of benzene rings is 2. The topological polar surface area (TPSA) is 82.6 Å². The Morgan fingerprint density at radius 3 is 2.34 bits per heavy atom. The largest absolute Gasteiger partial charge is 0.489 e. The molecule has 0 saturated carbocycles. The van der Waals surface area contributed by atoms with Crippen LogP contribution in [0.4, 0.5) is 0 Å². The summed E-state index contributed by atoms with van der Waals surface area (Å²) in [6, 6.07) is 20.0. The molecule has 35 heavy (non-hydrogen) atoms. The standard InChI is InChI=1S/C28H27NO5S/c1-3-19-11-14-23(29-17-19)24(34-27(32)21-7-5-4-6-8-21)18-33-22-12-9-20(10-13-22)16-28(2)25(30)15-26(31)35-28/h4-14,17,24H,3,15-16,18H2,1-2H3. The van der Waals surface area contributed by atoms with E-state index in [2.05, 4.69) is 11.9 Å². The number of pyridine rings is 1. The van der Waals surface area contributed by atoms with Crippen LogP contribution in [0.2, 0.25) is 0 Å². The highest BCUT2D eigenvalue weighted by atomic mass is 32.2. The Bertz CT molecular complexity index is 1190. The average Bonchev–Trinajstić information content (AvgIpc) is 3.13. The molecule has 6 nitrogen and oxygen atoms in total. The lowest BCUT2D eigenvalue weighted by molar-refractivity contribution is -0.123. The van der Waals surface area contributed by atoms with Crippen molar-refractivity contribution in [1.82, 2.24) is 4.98 Å². The van der Waals surface area contributed by atoms with Gasteiger partial charge in [0.05, 0.1) is 22.4 Å². The maximum atomic E-state index is 12.7. The molecule has 2 unspecified atom stereocenters. The Labute approximate surface area is 209 Å². The molecule has 2 heterocycles. The fraction of sp³-hybridized carbons (Fsp3) is 0.286. The van der Waals surface area contributed by atoms with Crippen molar-refractivity contribution in [3.8, 4) is 5.75 Å². The minimum absolute atomic E-state index is 0.00127. The number of aromatic nitrogens is 1. The summed E-state index contributed by atoms with van der Waals surface area (Å²) >= 11 is 1.12. The van der Waals surface area contributed by atoms with Crippen LogP contribution >= 0.6 is 11.8 Å². The highest BCUT2D eigenvalue weighted by Gasteiger charge is 2.43. The molecule has 7 heteroatoms. The molecule has 0 N–H and O–H groups in total. The van der Waals surface area contributed by atoms with Gasteiger partial charge in [0.2, 0.25) is 0 Å². The predicted octanol–water partition coefficient (Wildman–Crippen LogP) is 5.15. The number of thioether (sulfide) groups is 1. The van der Waals surface area contributed by atoms with E-state index in [1.54, 1.807) is 30.5 Å². The van der Waals surface area contributed by atoms with E-state index in [9.17, 15) is 14.4 Å². The van der Waals surface area contributed by atoms with E-state index in [1.807, 2.05) is 49.4 Å². The van der Waals surface area contributed by atoms with Gasteiger partial charge >= 0.3 is 5.97 Å². The minimum Gasteiger partial charge on any atom is -0.489 e. The zero-order chi connectivity index (χ0) is 24.8. The molecule has 2 aromatic carbocycles. The maximum Gasteiger partial charge on any atom is 0.338 e. The van der Waals surface area contributed by atoms with Crippen LogP contribution in [-0.2, 0) is 27.2 Å². The predicted molar refractivity (Wildman–Crippen MR) is 134 cm³/mol. The molecule has 0 aliphatic carbocycles. The molecule has 1 fully saturated rings. The number of carbonyl (C=O) groups excluding carboxylic acids is 3. The highest BCUT2D eigenvalue weighted by Crippen LogP contribution is 2.39. The zero-order valence-corrected chi connectivity index (χ0v) is 20.5. The summed E-state index contributed by atoms with van der Waals surface area (Å²) in [6.45, 7) is 3.96. The van der Waals surface area contributed by atoms with Gasteiger partial charge in [0.1, 0.15) is 12.4 Å². The average molecular weight is 490 g/mol. The Morgan fingerprint density at radius 1 is 1.03 bits per heavy atom. The summed E-state index contributed by atoms with van der Waals surface area (Å²) < 4.78 is 11.0. The summed E-state index contributed by atoms with van der Waals surface area (Å²) in [5.41, 5.74) is 3.10. The first-order valence-electron chi connectivity index (χ1n) is 11.5. The maximum absolute atomic E-state index is 12.7. The number of carbonyl (C=O) groups is 3. The molecule has 1 aliphatic heterocycles. The number of aryl methyl sites for hydroxylation is 1. The van der Waals surface area contributed by atoms with Crippen LogP contribution in [0.3, 0.4) is 0 Å². The second-order valence-corrected chi connectivity index (χ2v) is 10.2. The normalized spacial score (nSPS) is 18.3. The quantitative estimate of drug-likeness (QED) is 0.303. The van der Waals surface area contributed by atoms with Crippen LogP contribution in [0.5, 0.6) is 5.75 Å². The molecular weight excluding hydrogens is 462 g/mol. The number of Topliss-reactive ketones (excluding diaryl/α,β-unsaturated/α-hetero) is 1.